The Hall–Kier alpha value is -2.40. The minimum absolute atomic E-state index is 0.00207. The lowest BCUT2D eigenvalue weighted by atomic mass is 10.0. The molecule has 3 unspecified atom stereocenters. The smallest absolute Gasteiger partial charge is 0.318 e. The summed E-state index contributed by atoms with van der Waals surface area (Å²) >= 11 is 0. The highest BCUT2D eigenvalue weighted by atomic mass is 16.5. The van der Waals surface area contributed by atoms with E-state index in [1.54, 1.807) is 19.5 Å². The van der Waals surface area contributed by atoms with Crippen LogP contribution in [0.15, 0.2) is 48.8 Å². The summed E-state index contributed by atoms with van der Waals surface area (Å²) in [6, 6.07) is 12.4. The predicted octanol–water partition coefficient (Wildman–Crippen LogP) is 4.02. The van der Waals surface area contributed by atoms with Gasteiger partial charge < -0.3 is 15.0 Å². The van der Waals surface area contributed by atoms with Crippen LogP contribution in [-0.4, -0.2) is 41.7 Å². The van der Waals surface area contributed by atoms with Crippen LogP contribution in [0.2, 0.25) is 0 Å². The number of rotatable bonds is 4. The molecule has 0 aliphatic carbocycles. The van der Waals surface area contributed by atoms with E-state index in [1.165, 1.54) is 0 Å². The van der Waals surface area contributed by atoms with Crippen LogP contribution in [0, 0.1) is 0 Å². The van der Waals surface area contributed by atoms with E-state index < -0.39 is 0 Å². The zero-order valence-electron chi connectivity index (χ0n) is 15.7. The van der Waals surface area contributed by atoms with Gasteiger partial charge in [0.1, 0.15) is 0 Å². The predicted molar refractivity (Wildman–Crippen MR) is 103 cm³/mol. The van der Waals surface area contributed by atoms with Gasteiger partial charge in [-0.1, -0.05) is 24.3 Å². The number of carbonyl (C=O) groups is 1. The first kappa shape index (κ1) is 18.4. The molecule has 0 bridgehead atoms. The number of likely N-dealkylation sites (tertiary alicyclic amines) is 1. The van der Waals surface area contributed by atoms with Gasteiger partial charge in [0.15, 0.2) is 0 Å². The van der Waals surface area contributed by atoms with E-state index in [2.05, 4.69) is 41.5 Å². The molecule has 0 saturated carbocycles. The first-order chi connectivity index (χ1) is 12.6. The van der Waals surface area contributed by atoms with Crippen molar-refractivity contribution in [2.45, 2.75) is 44.9 Å². The number of pyridine rings is 1. The fourth-order valence-electron chi connectivity index (χ4n) is 3.50. The van der Waals surface area contributed by atoms with Crippen molar-refractivity contribution in [3.05, 3.63) is 54.4 Å². The van der Waals surface area contributed by atoms with Crippen molar-refractivity contribution in [3.8, 4) is 11.1 Å². The number of nitrogens with zero attached hydrogens (tertiary/aromatic N) is 2. The third-order valence-electron chi connectivity index (χ3n) is 5.19. The molecule has 1 aromatic carbocycles. The topological polar surface area (TPSA) is 54.5 Å². The molecule has 1 aromatic heterocycles. The van der Waals surface area contributed by atoms with Crippen molar-refractivity contribution in [2.24, 2.45) is 0 Å². The number of ether oxygens (including phenoxy) is 1. The summed E-state index contributed by atoms with van der Waals surface area (Å²) in [5.41, 5.74) is 3.37. The Morgan fingerprint density at radius 3 is 2.46 bits per heavy atom. The van der Waals surface area contributed by atoms with Crippen molar-refractivity contribution >= 4 is 6.03 Å². The van der Waals surface area contributed by atoms with E-state index in [1.807, 2.05) is 24.0 Å². The maximum Gasteiger partial charge on any atom is 0.318 e. The standard InChI is InChI=1S/C21H27N3O2/c1-15-14-20(26-3)10-13-24(15)21(25)23-16(2)17-4-6-18(7-5-17)19-8-11-22-12-9-19/h4-9,11-12,15-16,20H,10,13-14H2,1-3H3,(H,23,25). The summed E-state index contributed by atoms with van der Waals surface area (Å²) in [6.45, 7) is 4.84. The van der Waals surface area contributed by atoms with Gasteiger partial charge in [-0.25, -0.2) is 4.79 Å². The highest BCUT2D eigenvalue weighted by Gasteiger charge is 2.29. The molecular formula is C21H27N3O2. The van der Waals surface area contributed by atoms with E-state index in [4.69, 9.17) is 4.74 Å². The van der Waals surface area contributed by atoms with Crippen LogP contribution in [-0.2, 0) is 4.74 Å². The van der Waals surface area contributed by atoms with Gasteiger partial charge in [0, 0.05) is 32.1 Å². The molecule has 2 amide bonds. The Bertz CT molecular complexity index is 718. The lowest BCUT2D eigenvalue weighted by Crippen LogP contribution is -2.50. The fourth-order valence-corrected chi connectivity index (χ4v) is 3.50. The van der Waals surface area contributed by atoms with Crippen LogP contribution in [0.1, 0.15) is 38.3 Å². The van der Waals surface area contributed by atoms with Crippen LogP contribution in [0.25, 0.3) is 11.1 Å². The maximum absolute atomic E-state index is 12.6. The van der Waals surface area contributed by atoms with Crippen LogP contribution in [0.5, 0.6) is 0 Å². The molecule has 1 aliphatic rings. The molecule has 138 valence electrons. The first-order valence-electron chi connectivity index (χ1n) is 9.18. The SMILES string of the molecule is COC1CCN(C(=O)NC(C)c2ccc(-c3ccncc3)cc2)C(C)C1. The van der Waals surface area contributed by atoms with Crippen LogP contribution < -0.4 is 5.32 Å². The number of piperidine rings is 1. The van der Waals surface area contributed by atoms with Crippen molar-refractivity contribution in [2.75, 3.05) is 13.7 Å². The summed E-state index contributed by atoms with van der Waals surface area (Å²) < 4.78 is 5.43. The molecule has 1 saturated heterocycles. The molecule has 0 spiro atoms. The zero-order chi connectivity index (χ0) is 18.5. The van der Waals surface area contributed by atoms with E-state index in [9.17, 15) is 4.79 Å². The highest BCUT2D eigenvalue weighted by Crippen LogP contribution is 2.23. The lowest BCUT2D eigenvalue weighted by Gasteiger charge is -2.37. The number of benzene rings is 1. The largest absolute Gasteiger partial charge is 0.381 e. The Labute approximate surface area is 155 Å². The Morgan fingerprint density at radius 1 is 1.19 bits per heavy atom. The van der Waals surface area contributed by atoms with Crippen molar-refractivity contribution in [1.29, 1.82) is 0 Å². The van der Waals surface area contributed by atoms with Crippen molar-refractivity contribution in [3.63, 3.8) is 0 Å². The van der Waals surface area contributed by atoms with Gasteiger partial charge in [-0.2, -0.15) is 0 Å². The van der Waals surface area contributed by atoms with Gasteiger partial charge in [-0.05, 0) is 55.5 Å². The van der Waals surface area contributed by atoms with Crippen LogP contribution in [0.4, 0.5) is 4.79 Å². The van der Waals surface area contributed by atoms with Crippen molar-refractivity contribution < 1.29 is 9.53 Å². The van der Waals surface area contributed by atoms with Crippen molar-refractivity contribution in [1.82, 2.24) is 15.2 Å². The molecule has 3 rings (SSSR count). The molecule has 2 aromatic rings. The number of nitrogens with one attached hydrogen (secondary N) is 1. The highest BCUT2D eigenvalue weighted by molar-refractivity contribution is 5.75. The third-order valence-corrected chi connectivity index (χ3v) is 5.19. The number of carbonyl (C=O) groups excluding carboxylic acids is 1. The Kier molecular flexibility index (Phi) is 5.89. The maximum atomic E-state index is 12.6. The fraction of sp³-hybridized carbons (Fsp3) is 0.429. The Balaban J connectivity index is 1.61. The summed E-state index contributed by atoms with van der Waals surface area (Å²) in [7, 11) is 1.74. The van der Waals surface area contributed by atoms with Gasteiger partial charge in [0.25, 0.3) is 0 Å². The molecule has 0 radical (unpaired) electrons. The number of aromatic nitrogens is 1. The third kappa shape index (κ3) is 4.22. The second-order valence-electron chi connectivity index (χ2n) is 6.95. The quantitative estimate of drug-likeness (QED) is 0.903. The molecule has 3 atom stereocenters. The molecule has 1 aliphatic heterocycles. The molecular weight excluding hydrogens is 326 g/mol. The molecule has 2 heterocycles. The minimum Gasteiger partial charge on any atom is -0.381 e. The summed E-state index contributed by atoms with van der Waals surface area (Å²) in [5.74, 6) is 0. The number of hydrogen-bond acceptors (Lipinski definition) is 3. The number of methoxy groups -OCH3 is 1. The first-order valence-corrected chi connectivity index (χ1v) is 9.18. The Morgan fingerprint density at radius 2 is 1.85 bits per heavy atom. The van der Waals surface area contributed by atoms with Crippen LogP contribution in [0.3, 0.4) is 0 Å². The minimum atomic E-state index is -0.0404. The summed E-state index contributed by atoms with van der Waals surface area (Å²) in [5, 5.41) is 3.12. The molecule has 26 heavy (non-hydrogen) atoms. The second-order valence-corrected chi connectivity index (χ2v) is 6.95. The van der Waals surface area contributed by atoms with E-state index in [0.29, 0.717) is 0 Å². The summed E-state index contributed by atoms with van der Waals surface area (Å²) in [6.07, 6.45) is 5.62. The van der Waals surface area contributed by atoms with E-state index >= 15 is 0 Å². The van der Waals surface area contributed by atoms with E-state index in [-0.39, 0.29) is 24.2 Å². The second kappa shape index (κ2) is 8.32. The van der Waals surface area contributed by atoms with Gasteiger partial charge in [0.2, 0.25) is 0 Å². The number of hydrogen-bond donors (Lipinski definition) is 1. The van der Waals surface area contributed by atoms with Gasteiger partial charge in [0.05, 0.1) is 12.1 Å². The number of amides is 2. The molecule has 1 fully saturated rings. The zero-order valence-corrected chi connectivity index (χ0v) is 15.7. The lowest BCUT2D eigenvalue weighted by molar-refractivity contribution is 0.0290. The average Bonchev–Trinajstić information content (AvgIpc) is 2.68. The van der Waals surface area contributed by atoms with Crippen LogP contribution >= 0.6 is 0 Å². The monoisotopic (exact) mass is 353 g/mol. The number of urea groups is 1. The molecule has 1 N–H and O–H groups in total. The average molecular weight is 353 g/mol. The van der Waals surface area contributed by atoms with Gasteiger partial charge >= 0.3 is 6.03 Å². The van der Waals surface area contributed by atoms with E-state index in [0.717, 1.165) is 36.1 Å². The molecule has 5 nitrogen and oxygen atoms in total. The summed E-state index contributed by atoms with van der Waals surface area (Å²) in [4.78, 5) is 18.6. The molecule has 5 heteroatoms. The normalized spacial score (nSPS) is 21.3. The van der Waals surface area contributed by atoms with Gasteiger partial charge in [-0.3, -0.25) is 4.98 Å². The van der Waals surface area contributed by atoms with Gasteiger partial charge in [-0.15, -0.1) is 0 Å².